The van der Waals surface area contributed by atoms with E-state index in [9.17, 15) is 9.59 Å². The molecule has 0 aliphatic carbocycles. The van der Waals surface area contributed by atoms with Crippen molar-refractivity contribution in [2.75, 3.05) is 5.32 Å². The largest absolute Gasteiger partial charge is 0.338 e. The topological polar surface area (TPSA) is 90.0 Å². The number of carbonyl (C=O) groups is 1. The van der Waals surface area contributed by atoms with Crippen LogP contribution in [0.3, 0.4) is 0 Å². The molecule has 3 aromatic heterocycles. The lowest BCUT2D eigenvalue weighted by Crippen LogP contribution is -2.26. The van der Waals surface area contributed by atoms with Crippen molar-refractivity contribution < 1.29 is 9.32 Å². The van der Waals surface area contributed by atoms with E-state index in [-0.39, 0.29) is 11.5 Å². The van der Waals surface area contributed by atoms with Crippen molar-refractivity contribution in [3.63, 3.8) is 0 Å². The molecule has 3 heterocycles. The van der Waals surface area contributed by atoms with Crippen molar-refractivity contribution in [3.8, 4) is 0 Å². The van der Waals surface area contributed by atoms with E-state index in [2.05, 4.69) is 15.5 Å². The van der Waals surface area contributed by atoms with Gasteiger partial charge < -0.3 is 4.52 Å². The van der Waals surface area contributed by atoms with E-state index in [1.54, 1.807) is 24.5 Å². The van der Waals surface area contributed by atoms with Crippen molar-refractivity contribution in [1.29, 1.82) is 0 Å². The number of thioether (sulfide) groups is 1. The molecule has 0 aromatic carbocycles. The second-order valence-corrected chi connectivity index (χ2v) is 7.38. The van der Waals surface area contributed by atoms with Gasteiger partial charge in [0, 0.05) is 12.6 Å². The molecule has 0 aliphatic heterocycles. The van der Waals surface area contributed by atoms with Crippen LogP contribution in [0.15, 0.2) is 32.0 Å². The van der Waals surface area contributed by atoms with Gasteiger partial charge in [-0.25, -0.2) is 4.98 Å². The Morgan fingerprint density at radius 3 is 3.00 bits per heavy atom. The van der Waals surface area contributed by atoms with Gasteiger partial charge in [-0.1, -0.05) is 16.9 Å². The number of amides is 1. The molecule has 7 nitrogen and oxygen atoms in total. The number of rotatable bonds is 5. The van der Waals surface area contributed by atoms with Gasteiger partial charge in [-0.2, -0.15) is 0 Å². The normalized spacial score (nSPS) is 12.5. The van der Waals surface area contributed by atoms with Gasteiger partial charge in [-0.15, -0.1) is 11.3 Å². The number of thiophene rings is 1. The average Bonchev–Trinajstić information content (AvgIpc) is 3.16. The smallest absolute Gasteiger partial charge is 0.272 e. The Morgan fingerprint density at radius 1 is 1.54 bits per heavy atom. The molecule has 24 heavy (non-hydrogen) atoms. The van der Waals surface area contributed by atoms with Gasteiger partial charge >= 0.3 is 0 Å². The lowest BCUT2D eigenvalue weighted by atomic mass is 10.4. The monoisotopic (exact) mass is 364 g/mol. The highest BCUT2D eigenvalue weighted by Crippen LogP contribution is 2.25. The van der Waals surface area contributed by atoms with E-state index in [0.29, 0.717) is 33.5 Å². The number of nitrogens with zero attached hydrogens (tertiary/aromatic N) is 3. The van der Waals surface area contributed by atoms with Crippen LogP contribution in [0.5, 0.6) is 0 Å². The third-order valence-corrected chi connectivity index (χ3v) is 5.35. The highest BCUT2D eigenvalue weighted by molar-refractivity contribution is 8.00. The molecular formula is C15H16N4O3S2. The highest BCUT2D eigenvalue weighted by Gasteiger charge is 2.20. The van der Waals surface area contributed by atoms with E-state index >= 15 is 0 Å². The minimum absolute atomic E-state index is 0.0709. The summed E-state index contributed by atoms with van der Waals surface area (Å²) in [6.45, 7) is 5.91. The van der Waals surface area contributed by atoms with Crippen LogP contribution in [0.2, 0.25) is 0 Å². The Labute approximate surface area is 146 Å². The third kappa shape index (κ3) is 3.22. The van der Waals surface area contributed by atoms with E-state index in [1.165, 1.54) is 23.1 Å². The summed E-state index contributed by atoms with van der Waals surface area (Å²) >= 11 is 2.62. The van der Waals surface area contributed by atoms with Crippen LogP contribution in [0.4, 0.5) is 5.88 Å². The SMILES string of the molecule is CCn1c(SC(C)C(=O)Nc2cc(C)no2)nc2ccsc2c1=O. The van der Waals surface area contributed by atoms with Crippen LogP contribution in [0, 0.1) is 6.92 Å². The van der Waals surface area contributed by atoms with Gasteiger partial charge in [0.2, 0.25) is 11.8 Å². The predicted molar refractivity (Wildman–Crippen MR) is 94.7 cm³/mol. The molecule has 3 aromatic rings. The fraction of sp³-hybridized carbons (Fsp3) is 0.333. The van der Waals surface area contributed by atoms with Gasteiger partial charge in [0.15, 0.2) is 5.16 Å². The quantitative estimate of drug-likeness (QED) is 0.553. The fourth-order valence-corrected chi connectivity index (χ4v) is 3.90. The zero-order valence-corrected chi connectivity index (χ0v) is 15.0. The molecular weight excluding hydrogens is 348 g/mol. The summed E-state index contributed by atoms with van der Waals surface area (Å²) in [6.07, 6.45) is 0. The standard InChI is InChI=1S/C15H16N4O3S2/c1-4-19-14(21)12-10(5-6-23-12)16-15(19)24-9(3)13(20)17-11-7-8(2)18-22-11/h5-7,9H,4H2,1-3H3,(H,17,20). The van der Waals surface area contributed by atoms with E-state index in [0.717, 1.165) is 0 Å². The van der Waals surface area contributed by atoms with E-state index in [1.807, 2.05) is 18.4 Å². The predicted octanol–water partition coefficient (Wildman–Crippen LogP) is 2.89. The number of aromatic nitrogens is 3. The first-order chi connectivity index (χ1) is 11.5. The Kier molecular flexibility index (Phi) is 4.72. The van der Waals surface area contributed by atoms with Gasteiger partial charge in [0.05, 0.1) is 16.5 Å². The number of hydrogen-bond donors (Lipinski definition) is 1. The second-order valence-electron chi connectivity index (χ2n) is 5.16. The maximum Gasteiger partial charge on any atom is 0.272 e. The Balaban J connectivity index is 1.83. The van der Waals surface area contributed by atoms with Crippen molar-refractivity contribution in [1.82, 2.24) is 14.7 Å². The first kappa shape index (κ1) is 16.7. The fourth-order valence-electron chi connectivity index (χ4n) is 2.15. The van der Waals surface area contributed by atoms with Gasteiger partial charge in [0.1, 0.15) is 4.70 Å². The molecule has 0 fully saturated rings. The van der Waals surface area contributed by atoms with Crippen molar-refractivity contribution in [3.05, 3.63) is 33.6 Å². The summed E-state index contributed by atoms with van der Waals surface area (Å²) in [6, 6.07) is 3.46. The molecule has 1 amide bonds. The minimum Gasteiger partial charge on any atom is -0.338 e. The van der Waals surface area contributed by atoms with Crippen molar-refractivity contribution in [2.24, 2.45) is 0 Å². The molecule has 0 saturated carbocycles. The zero-order valence-electron chi connectivity index (χ0n) is 13.4. The molecule has 0 spiro atoms. The molecule has 0 radical (unpaired) electrons. The summed E-state index contributed by atoms with van der Waals surface area (Å²) in [5, 5.41) is 8.32. The van der Waals surface area contributed by atoms with Crippen LogP contribution in [-0.4, -0.2) is 25.9 Å². The third-order valence-electron chi connectivity index (χ3n) is 3.37. The summed E-state index contributed by atoms with van der Waals surface area (Å²) < 4.78 is 7.21. The Hall–Kier alpha value is -2.13. The molecule has 0 bridgehead atoms. The lowest BCUT2D eigenvalue weighted by Gasteiger charge is -2.13. The van der Waals surface area contributed by atoms with Crippen LogP contribution in [0.1, 0.15) is 19.5 Å². The number of aryl methyl sites for hydroxylation is 1. The van der Waals surface area contributed by atoms with Gasteiger partial charge in [-0.05, 0) is 32.2 Å². The summed E-state index contributed by atoms with van der Waals surface area (Å²) in [5.74, 6) is 0.0672. The van der Waals surface area contributed by atoms with Crippen LogP contribution < -0.4 is 10.9 Å². The van der Waals surface area contributed by atoms with Crippen molar-refractivity contribution >= 4 is 45.1 Å². The first-order valence-electron chi connectivity index (χ1n) is 7.38. The molecule has 1 unspecified atom stereocenters. The number of anilines is 1. The number of fused-ring (bicyclic) bond motifs is 1. The molecule has 126 valence electrons. The maximum atomic E-state index is 12.5. The van der Waals surface area contributed by atoms with Crippen LogP contribution >= 0.6 is 23.1 Å². The van der Waals surface area contributed by atoms with Crippen molar-refractivity contribution in [2.45, 2.75) is 37.7 Å². The molecule has 3 rings (SSSR count). The Morgan fingerprint density at radius 2 is 2.33 bits per heavy atom. The molecule has 9 heteroatoms. The number of nitrogens with one attached hydrogen (secondary N) is 1. The number of hydrogen-bond acceptors (Lipinski definition) is 7. The number of carbonyl (C=O) groups excluding carboxylic acids is 1. The molecule has 1 atom stereocenters. The summed E-state index contributed by atoms with van der Waals surface area (Å²) in [5.41, 5.74) is 1.28. The summed E-state index contributed by atoms with van der Waals surface area (Å²) in [7, 11) is 0. The molecule has 0 saturated heterocycles. The van der Waals surface area contributed by atoms with Gasteiger partial charge in [0.25, 0.3) is 5.56 Å². The average molecular weight is 364 g/mol. The molecule has 1 N–H and O–H groups in total. The summed E-state index contributed by atoms with van der Waals surface area (Å²) in [4.78, 5) is 29.3. The Bertz CT molecular complexity index is 944. The molecule has 0 aliphatic rings. The van der Waals surface area contributed by atoms with Gasteiger partial charge in [-0.3, -0.25) is 19.5 Å². The minimum atomic E-state index is -0.448. The van der Waals surface area contributed by atoms with E-state index < -0.39 is 5.25 Å². The van der Waals surface area contributed by atoms with E-state index in [4.69, 9.17) is 4.52 Å². The van der Waals surface area contributed by atoms with Crippen LogP contribution in [0.25, 0.3) is 10.2 Å². The van der Waals surface area contributed by atoms with Crippen LogP contribution in [-0.2, 0) is 11.3 Å². The zero-order chi connectivity index (χ0) is 17.3. The second kappa shape index (κ2) is 6.78. The highest BCUT2D eigenvalue weighted by atomic mass is 32.2. The maximum absolute atomic E-state index is 12.5. The first-order valence-corrected chi connectivity index (χ1v) is 9.14. The lowest BCUT2D eigenvalue weighted by molar-refractivity contribution is -0.115.